The first-order valence-corrected chi connectivity index (χ1v) is 8.96. The second-order valence-corrected chi connectivity index (χ2v) is 8.68. The van der Waals surface area contributed by atoms with Gasteiger partial charge < -0.3 is 9.26 Å². The van der Waals surface area contributed by atoms with E-state index in [1.807, 2.05) is 0 Å². The largest absolute Gasteiger partial charge is 0.468 e. The van der Waals surface area contributed by atoms with Gasteiger partial charge in [0.05, 0.1) is 7.11 Å². The summed E-state index contributed by atoms with van der Waals surface area (Å²) in [5, 5.41) is 0. The molecule has 1 aromatic carbocycles. The van der Waals surface area contributed by atoms with Gasteiger partial charge in [0.25, 0.3) is 0 Å². The van der Waals surface area contributed by atoms with Crippen LogP contribution in [0.4, 0.5) is 0 Å². The fraction of sp³-hybridized carbons (Fsp3) is 0.300. The van der Waals surface area contributed by atoms with Crippen molar-refractivity contribution >= 4 is 34.7 Å². The molecule has 0 fully saturated rings. The number of halogens is 1. The van der Waals surface area contributed by atoms with E-state index >= 15 is 0 Å². The Morgan fingerprint density at radius 1 is 1.44 bits per heavy atom. The molecule has 0 radical (unpaired) electrons. The van der Waals surface area contributed by atoms with Crippen LogP contribution in [-0.2, 0) is 14.1 Å². The van der Waals surface area contributed by atoms with E-state index in [2.05, 4.69) is 9.46 Å². The number of carbonyl (C=O) groups is 1. The number of ether oxygens (including phenoxy) is 1. The summed E-state index contributed by atoms with van der Waals surface area (Å²) in [6.07, 6.45) is 0. The molecule has 1 rings (SSSR count). The van der Waals surface area contributed by atoms with Crippen LogP contribution in [0.15, 0.2) is 30.3 Å². The molecular weight excluding hydrogens is 297 g/mol. The molecule has 0 aliphatic carbocycles. The van der Waals surface area contributed by atoms with Crippen LogP contribution >= 0.6 is 28.7 Å². The van der Waals surface area contributed by atoms with Crippen LogP contribution in [0.1, 0.15) is 6.92 Å². The normalized spacial score (nSPS) is 15.5. The van der Waals surface area contributed by atoms with E-state index in [9.17, 15) is 9.36 Å². The van der Waals surface area contributed by atoms with Crippen molar-refractivity contribution in [2.45, 2.75) is 13.0 Å². The van der Waals surface area contributed by atoms with Crippen LogP contribution in [0, 0.1) is 0 Å². The first-order chi connectivity index (χ1) is 8.44. The second kappa shape index (κ2) is 7.04. The topological polar surface area (TPSA) is 64.6 Å². The molecule has 1 aromatic rings. The standard InChI is InChI=1S/C10H13ClNO4PS/c1-8(10(13)15-2)12-18-17(11,14)16-9-6-4-3-5-7-9/h3-8,12H,1-2H3/t8-,17?/m0/s1. The number of para-hydroxylation sites is 1. The Morgan fingerprint density at radius 2 is 2.06 bits per heavy atom. The van der Waals surface area contributed by atoms with Gasteiger partial charge >= 0.3 is 11.9 Å². The molecule has 0 aromatic heterocycles. The molecule has 0 aliphatic heterocycles. The van der Waals surface area contributed by atoms with Gasteiger partial charge in [-0.1, -0.05) is 18.2 Å². The molecule has 0 spiro atoms. The SMILES string of the molecule is COC(=O)[C@H](C)NSP(=O)(Cl)Oc1ccccc1. The van der Waals surface area contributed by atoms with Gasteiger partial charge in [-0.15, -0.1) is 0 Å². The van der Waals surface area contributed by atoms with Crippen molar-refractivity contribution in [2.75, 3.05) is 7.11 Å². The zero-order chi connectivity index (χ0) is 13.6. The Morgan fingerprint density at radius 3 is 2.61 bits per heavy atom. The number of nitrogens with one attached hydrogen (secondary N) is 1. The molecule has 0 bridgehead atoms. The number of methoxy groups -OCH3 is 1. The average Bonchev–Trinajstić information content (AvgIpc) is 2.35. The Labute approximate surface area is 114 Å². The highest BCUT2D eigenvalue weighted by atomic mass is 35.7. The van der Waals surface area contributed by atoms with Gasteiger partial charge in [-0.05, 0) is 30.3 Å². The van der Waals surface area contributed by atoms with Crippen molar-refractivity contribution in [3.05, 3.63) is 30.3 Å². The molecule has 2 atom stereocenters. The Kier molecular flexibility index (Phi) is 6.02. The number of esters is 1. The van der Waals surface area contributed by atoms with Gasteiger partial charge in [-0.3, -0.25) is 4.79 Å². The van der Waals surface area contributed by atoms with Crippen molar-refractivity contribution in [2.24, 2.45) is 0 Å². The molecule has 1 unspecified atom stereocenters. The first-order valence-electron chi connectivity index (χ1n) is 5.01. The quantitative estimate of drug-likeness (QED) is 0.494. The highest BCUT2D eigenvalue weighted by Crippen LogP contribution is 2.62. The molecule has 1 N–H and O–H groups in total. The number of hydrogen-bond acceptors (Lipinski definition) is 6. The fourth-order valence-electron chi connectivity index (χ4n) is 0.993. The number of carbonyl (C=O) groups excluding carboxylic acids is 1. The van der Waals surface area contributed by atoms with E-state index in [0.29, 0.717) is 17.3 Å². The molecule has 0 saturated heterocycles. The molecular formula is C10H13ClNO4PS. The van der Waals surface area contributed by atoms with Gasteiger partial charge in [0.15, 0.2) is 0 Å². The predicted octanol–water partition coefficient (Wildman–Crippen LogP) is 3.21. The van der Waals surface area contributed by atoms with Crippen molar-refractivity contribution < 1.29 is 18.6 Å². The van der Waals surface area contributed by atoms with Crippen LogP contribution in [0.3, 0.4) is 0 Å². The number of rotatable bonds is 6. The highest BCUT2D eigenvalue weighted by molar-refractivity contribution is 8.63. The maximum absolute atomic E-state index is 11.9. The Hall–Kier alpha value is -0.680. The molecule has 0 amide bonds. The smallest absolute Gasteiger partial charge is 0.408 e. The van der Waals surface area contributed by atoms with Crippen LogP contribution in [0.2, 0.25) is 0 Å². The van der Waals surface area contributed by atoms with Crippen LogP contribution in [0.25, 0.3) is 0 Å². The maximum atomic E-state index is 11.9. The summed E-state index contributed by atoms with van der Waals surface area (Å²) in [4.78, 5) is 11.1. The van der Waals surface area contributed by atoms with Gasteiger partial charge in [0, 0.05) is 11.6 Å². The molecule has 100 valence electrons. The van der Waals surface area contributed by atoms with E-state index in [4.69, 9.17) is 15.8 Å². The summed E-state index contributed by atoms with van der Waals surface area (Å²) in [6.45, 7) is 1.57. The van der Waals surface area contributed by atoms with E-state index in [1.165, 1.54) is 7.11 Å². The molecule has 5 nitrogen and oxygen atoms in total. The van der Waals surface area contributed by atoms with E-state index in [1.54, 1.807) is 37.3 Å². The van der Waals surface area contributed by atoms with Crippen molar-refractivity contribution in [3.63, 3.8) is 0 Å². The van der Waals surface area contributed by atoms with Crippen molar-refractivity contribution in [1.82, 2.24) is 4.72 Å². The predicted molar refractivity (Wildman–Crippen MR) is 72.7 cm³/mol. The van der Waals surface area contributed by atoms with E-state index in [0.717, 1.165) is 0 Å². The Balaban J connectivity index is 2.50. The summed E-state index contributed by atoms with van der Waals surface area (Å²) in [5.74, 6) is -3.52. The lowest BCUT2D eigenvalue weighted by Crippen LogP contribution is -2.29. The highest BCUT2D eigenvalue weighted by Gasteiger charge is 2.25. The number of hydrogen-bond donors (Lipinski definition) is 1. The summed E-state index contributed by atoms with van der Waals surface area (Å²) in [5.41, 5.74) is 0. The van der Waals surface area contributed by atoms with Gasteiger partial charge in [-0.2, -0.15) is 0 Å². The molecule has 0 aliphatic rings. The Bertz CT molecular complexity index is 445. The second-order valence-electron chi connectivity index (χ2n) is 3.29. The lowest BCUT2D eigenvalue weighted by molar-refractivity contribution is -0.142. The minimum absolute atomic E-state index is 0.399. The van der Waals surface area contributed by atoms with Crippen LogP contribution in [-0.4, -0.2) is 19.1 Å². The molecule has 18 heavy (non-hydrogen) atoms. The maximum Gasteiger partial charge on any atom is 0.408 e. The number of benzene rings is 1. The molecule has 0 saturated carbocycles. The third-order valence-corrected chi connectivity index (χ3v) is 4.98. The molecule has 0 heterocycles. The average molecular weight is 310 g/mol. The van der Waals surface area contributed by atoms with Crippen LogP contribution in [0.5, 0.6) is 5.75 Å². The third kappa shape index (κ3) is 5.31. The zero-order valence-electron chi connectivity index (χ0n) is 9.83. The third-order valence-electron chi connectivity index (χ3n) is 1.85. The van der Waals surface area contributed by atoms with Crippen molar-refractivity contribution in [3.8, 4) is 5.75 Å². The van der Waals surface area contributed by atoms with Gasteiger partial charge in [-0.25, -0.2) is 9.29 Å². The first kappa shape index (κ1) is 15.4. The summed E-state index contributed by atoms with van der Waals surface area (Å²) in [6, 6.07) is 7.92. The fourth-order valence-corrected chi connectivity index (χ4v) is 3.60. The minimum Gasteiger partial charge on any atom is -0.468 e. The summed E-state index contributed by atoms with van der Waals surface area (Å²) in [7, 11) is 1.27. The van der Waals surface area contributed by atoms with Gasteiger partial charge in [0.2, 0.25) is 0 Å². The van der Waals surface area contributed by atoms with Gasteiger partial charge in [0.1, 0.15) is 11.8 Å². The monoisotopic (exact) mass is 309 g/mol. The summed E-state index contributed by atoms with van der Waals surface area (Å²) < 4.78 is 24.1. The lowest BCUT2D eigenvalue weighted by Gasteiger charge is -2.14. The summed E-state index contributed by atoms with van der Waals surface area (Å²) >= 11 is 6.42. The van der Waals surface area contributed by atoms with E-state index in [-0.39, 0.29) is 0 Å². The minimum atomic E-state index is -3.45. The lowest BCUT2D eigenvalue weighted by atomic mass is 10.3. The zero-order valence-corrected chi connectivity index (χ0v) is 12.3. The van der Waals surface area contributed by atoms with E-state index < -0.39 is 17.9 Å². The van der Waals surface area contributed by atoms with Crippen LogP contribution < -0.4 is 9.25 Å². The van der Waals surface area contributed by atoms with Crippen molar-refractivity contribution in [1.29, 1.82) is 0 Å². The molecule has 8 heteroatoms.